The molecule has 0 aliphatic rings. The van der Waals surface area contributed by atoms with Crippen LogP contribution in [0.1, 0.15) is 13.8 Å². The van der Waals surface area contributed by atoms with Gasteiger partial charge in [-0.15, -0.1) is 24.0 Å². The Morgan fingerprint density at radius 3 is 2.44 bits per heavy atom. The van der Waals surface area contributed by atoms with Crippen LogP contribution in [-0.4, -0.2) is 63.7 Å². The second kappa shape index (κ2) is 13.2. The van der Waals surface area contributed by atoms with Crippen LogP contribution >= 0.6 is 24.0 Å². The number of methoxy groups -OCH3 is 1. The Hall–Kier alpha value is -1.97. The molecule has 0 aliphatic carbocycles. The third kappa shape index (κ3) is 10.1. The molecule has 8 heteroatoms. The van der Waals surface area contributed by atoms with Crippen molar-refractivity contribution in [3.8, 4) is 11.5 Å². The van der Waals surface area contributed by atoms with Gasteiger partial charge in [0.15, 0.2) is 17.5 Å². The molecule has 0 spiro atoms. The first-order valence-electron chi connectivity index (χ1n) is 8.49. The van der Waals surface area contributed by atoms with E-state index in [9.17, 15) is 4.79 Å². The van der Waals surface area contributed by atoms with Crippen LogP contribution in [0.4, 0.5) is 0 Å². The first-order valence-corrected chi connectivity index (χ1v) is 8.49. The maximum atomic E-state index is 11.7. The number of aliphatic imine (C=N–C) groups is 1. The molecule has 0 saturated carbocycles. The van der Waals surface area contributed by atoms with Crippen LogP contribution in [0.3, 0.4) is 0 Å². The number of nitrogens with zero attached hydrogens (tertiary/aromatic N) is 2. The Balaban J connectivity index is 0.00000676. The van der Waals surface area contributed by atoms with Gasteiger partial charge in [-0.1, -0.05) is 24.3 Å². The van der Waals surface area contributed by atoms with Crippen LogP contribution in [0.5, 0.6) is 11.5 Å². The van der Waals surface area contributed by atoms with E-state index in [2.05, 4.69) is 22.2 Å². The lowest BCUT2D eigenvalue weighted by molar-refractivity contribution is -0.127. The summed E-state index contributed by atoms with van der Waals surface area (Å²) in [6.45, 7) is 8.88. The molecule has 2 N–H and O–H groups in total. The standard InChI is InChI=1S/C19H30N4O3.HI/c1-14(2)11-20-19(22-13-18(24)23(4)5)21-12-15(3)26-17-10-8-7-9-16(17)25-6;/h7-10,15H,1,11-13H2,2-6H3,(H2,20,21,22);1H. The Bertz CT molecular complexity index is 635. The molecule has 0 fully saturated rings. The lowest BCUT2D eigenvalue weighted by atomic mass is 10.3. The zero-order valence-electron chi connectivity index (χ0n) is 16.7. The quantitative estimate of drug-likeness (QED) is 0.241. The van der Waals surface area contributed by atoms with Crippen molar-refractivity contribution in [2.45, 2.75) is 20.0 Å². The van der Waals surface area contributed by atoms with E-state index in [1.54, 1.807) is 21.2 Å². The zero-order chi connectivity index (χ0) is 19.5. The molecule has 0 bridgehead atoms. The minimum atomic E-state index is -0.132. The number of carbonyl (C=O) groups is 1. The average Bonchev–Trinajstić information content (AvgIpc) is 2.60. The fraction of sp³-hybridized carbons (Fsp3) is 0.474. The number of carbonyl (C=O) groups excluding carboxylic acids is 1. The monoisotopic (exact) mass is 490 g/mol. The Labute approximate surface area is 179 Å². The van der Waals surface area contributed by atoms with E-state index in [0.717, 1.165) is 5.57 Å². The number of ether oxygens (including phenoxy) is 2. The smallest absolute Gasteiger partial charge is 0.243 e. The predicted octanol–water partition coefficient (Wildman–Crippen LogP) is 2.28. The predicted molar refractivity (Wildman–Crippen MR) is 120 cm³/mol. The van der Waals surface area contributed by atoms with Gasteiger partial charge in [0, 0.05) is 20.6 Å². The molecule has 27 heavy (non-hydrogen) atoms. The third-order valence-corrected chi connectivity index (χ3v) is 3.38. The average molecular weight is 490 g/mol. The molecule has 0 aliphatic heterocycles. The van der Waals surface area contributed by atoms with Crippen LogP contribution in [0, 0.1) is 0 Å². The van der Waals surface area contributed by atoms with Gasteiger partial charge in [0.05, 0.1) is 13.7 Å². The van der Waals surface area contributed by atoms with Crippen molar-refractivity contribution in [3.05, 3.63) is 36.4 Å². The lowest BCUT2D eigenvalue weighted by Gasteiger charge is -2.19. The number of guanidine groups is 1. The van der Waals surface area contributed by atoms with Gasteiger partial charge < -0.3 is 25.0 Å². The summed E-state index contributed by atoms with van der Waals surface area (Å²) in [5, 5.41) is 6.33. The highest BCUT2D eigenvalue weighted by atomic mass is 127. The van der Waals surface area contributed by atoms with Crippen LogP contribution in [0.2, 0.25) is 0 Å². The molecule has 1 aromatic rings. The van der Waals surface area contributed by atoms with Crippen LogP contribution < -0.4 is 20.1 Å². The Kier molecular flexibility index (Phi) is 12.3. The van der Waals surface area contributed by atoms with Gasteiger partial charge in [-0.25, -0.2) is 4.99 Å². The van der Waals surface area contributed by atoms with E-state index < -0.39 is 0 Å². The van der Waals surface area contributed by atoms with Crippen molar-refractivity contribution in [2.24, 2.45) is 4.99 Å². The van der Waals surface area contributed by atoms with E-state index in [1.807, 2.05) is 38.1 Å². The number of amides is 1. The minimum Gasteiger partial charge on any atom is -0.493 e. The molecule has 1 unspecified atom stereocenters. The van der Waals surface area contributed by atoms with Crippen molar-refractivity contribution >= 4 is 35.8 Å². The zero-order valence-corrected chi connectivity index (χ0v) is 19.1. The topological polar surface area (TPSA) is 75.2 Å². The Morgan fingerprint density at radius 2 is 1.89 bits per heavy atom. The maximum absolute atomic E-state index is 11.7. The Morgan fingerprint density at radius 1 is 1.26 bits per heavy atom. The van der Waals surface area contributed by atoms with E-state index in [0.29, 0.717) is 30.5 Å². The van der Waals surface area contributed by atoms with Crippen molar-refractivity contribution in [1.82, 2.24) is 15.5 Å². The van der Waals surface area contributed by atoms with Crippen molar-refractivity contribution in [1.29, 1.82) is 0 Å². The first kappa shape index (κ1) is 25.0. The van der Waals surface area contributed by atoms with Crippen LogP contribution in [0.25, 0.3) is 0 Å². The highest BCUT2D eigenvalue weighted by Gasteiger charge is 2.10. The molecular formula is C19H31IN4O3. The highest BCUT2D eigenvalue weighted by molar-refractivity contribution is 14.0. The molecule has 0 saturated heterocycles. The van der Waals surface area contributed by atoms with Gasteiger partial charge in [-0.05, 0) is 26.0 Å². The first-order chi connectivity index (χ1) is 12.3. The molecule has 0 heterocycles. The highest BCUT2D eigenvalue weighted by Crippen LogP contribution is 2.26. The maximum Gasteiger partial charge on any atom is 0.243 e. The van der Waals surface area contributed by atoms with Crippen LogP contribution in [-0.2, 0) is 4.79 Å². The number of hydrogen-bond acceptors (Lipinski definition) is 4. The van der Waals surface area contributed by atoms with E-state index in [-0.39, 0.29) is 42.5 Å². The van der Waals surface area contributed by atoms with E-state index >= 15 is 0 Å². The summed E-state index contributed by atoms with van der Waals surface area (Å²) in [5.41, 5.74) is 0.969. The van der Waals surface area contributed by atoms with E-state index in [4.69, 9.17) is 9.47 Å². The normalized spacial score (nSPS) is 11.7. The van der Waals surface area contributed by atoms with Gasteiger partial charge in [0.25, 0.3) is 0 Å². The molecule has 1 rings (SSSR count). The fourth-order valence-electron chi connectivity index (χ4n) is 1.91. The van der Waals surface area contributed by atoms with Gasteiger partial charge >= 0.3 is 0 Å². The van der Waals surface area contributed by atoms with Crippen molar-refractivity contribution in [3.63, 3.8) is 0 Å². The van der Waals surface area contributed by atoms with E-state index in [1.165, 1.54) is 4.90 Å². The summed E-state index contributed by atoms with van der Waals surface area (Å²) in [7, 11) is 5.02. The van der Waals surface area contributed by atoms with Crippen LogP contribution in [0.15, 0.2) is 41.4 Å². The van der Waals surface area contributed by atoms with Gasteiger partial charge in [0.1, 0.15) is 12.6 Å². The largest absolute Gasteiger partial charge is 0.493 e. The van der Waals surface area contributed by atoms with Gasteiger partial charge in [-0.2, -0.15) is 0 Å². The van der Waals surface area contributed by atoms with Crippen molar-refractivity contribution < 1.29 is 14.3 Å². The summed E-state index contributed by atoms with van der Waals surface area (Å²) < 4.78 is 11.2. The minimum absolute atomic E-state index is 0. The molecule has 1 aromatic carbocycles. The summed E-state index contributed by atoms with van der Waals surface area (Å²) in [4.78, 5) is 17.6. The summed E-state index contributed by atoms with van der Waals surface area (Å²) in [6.07, 6.45) is -0.132. The number of likely N-dealkylation sites (N-methyl/N-ethyl adjacent to an activating group) is 1. The number of benzene rings is 1. The molecule has 0 aromatic heterocycles. The number of nitrogens with one attached hydrogen (secondary N) is 2. The second-order valence-electron chi connectivity index (χ2n) is 6.22. The summed E-state index contributed by atoms with van der Waals surface area (Å²) in [5.74, 6) is 1.84. The molecule has 0 radical (unpaired) electrons. The third-order valence-electron chi connectivity index (χ3n) is 3.38. The molecule has 152 valence electrons. The number of hydrogen-bond donors (Lipinski definition) is 2. The molecule has 1 amide bonds. The van der Waals surface area contributed by atoms with Gasteiger partial charge in [0.2, 0.25) is 5.91 Å². The SMILES string of the molecule is C=C(C)CNC(=NCC(=O)N(C)C)NCC(C)Oc1ccccc1OC.I. The molecule has 1 atom stereocenters. The fourth-order valence-corrected chi connectivity index (χ4v) is 1.91. The van der Waals surface area contributed by atoms with Crippen molar-refractivity contribution in [2.75, 3.05) is 40.8 Å². The number of halogens is 1. The summed E-state index contributed by atoms with van der Waals surface area (Å²) >= 11 is 0. The molecular weight excluding hydrogens is 459 g/mol. The summed E-state index contributed by atoms with van der Waals surface area (Å²) in [6, 6.07) is 7.50. The second-order valence-corrected chi connectivity index (χ2v) is 6.22. The lowest BCUT2D eigenvalue weighted by Crippen LogP contribution is -2.43. The number of rotatable bonds is 9. The molecule has 7 nitrogen and oxygen atoms in total. The van der Waals surface area contributed by atoms with Gasteiger partial charge in [-0.3, -0.25) is 4.79 Å². The number of para-hydroxylation sites is 2.